The van der Waals surface area contributed by atoms with E-state index in [0.29, 0.717) is 24.8 Å². The molecular formula is C23H19F7O5. The molecule has 0 atom stereocenters. The highest BCUT2D eigenvalue weighted by atomic mass is 19.3. The van der Waals surface area contributed by atoms with E-state index in [0.717, 1.165) is 6.92 Å². The Labute approximate surface area is 195 Å². The van der Waals surface area contributed by atoms with E-state index >= 15 is 0 Å². The highest BCUT2D eigenvalue weighted by molar-refractivity contribution is 5.37. The number of fused-ring (bicyclic) bond motifs is 3. The van der Waals surface area contributed by atoms with E-state index in [1.54, 1.807) is 0 Å². The van der Waals surface area contributed by atoms with E-state index in [4.69, 9.17) is 14.2 Å². The van der Waals surface area contributed by atoms with Crippen LogP contribution in [-0.2, 0) is 26.3 Å². The number of allylic oxidation sites excluding steroid dienone is 1. The predicted molar refractivity (Wildman–Crippen MR) is 105 cm³/mol. The summed E-state index contributed by atoms with van der Waals surface area (Å²) in [5.41, 5.74) is -2.55. The maximum absolute atomic E-state index is 14.7. The second-order valence-corrected chi connectivity index (χ2v) is 8.25. The largest absolute Gasteiger partial charge is 0.456 e. The lowest BCUT2D eigenvalue weighted by Crippen LogP contribution is -2.58. The van der Waals surface area contributed by atoms with Crippen molar-refractivity contribution in [2.75, 3.05) is 19.8 Å². The minimum Gasteiger partial charge on any atom is -0.456 e. The highest BCUT2D eigenvalue weighted by Gasteiger charge is 2.54. The Hall–Kier alpha value is -2.83. The van der Waals surface area contributed by atoms with Gasteiger partial charge in [0.25, 0.3) is 0 Å². The normalized spacial score (nSPS) is 24.5. The third kappa shape index (κ3) is 4.69. The highest BCUT2D eigenvalue weighted by Crippen LogP contribution is 2.47. The SMILES string of the molecule is CCC12COC(c3cc(F)c(C(F)(F)Oc4cc(F)c(O/C=C(/C)F)c(F)c4)c(F)c3)(OC1)OC2. The van der Waals surface area contributed by atoms with Gasteiger partial charge in [0.05, 0.1) is 19.8 Å². The van der Waals surface area contributed by atoms with Crippen molar-refractivity contribution < 1.29 is 54.4 Å². The van der Waals surface area contributed by atoms with Gasteiger partial charge in [0.2, 0.25) is 0 Å². The smallest absolute Gasteiger partial charge is 0.432 e. The third-order valence-corrected chi connectivity index (χ3v) is 5.70. The zero-order chi connectivity index (χ0) is 25.6. The van der Waals surface area contributed by atoms with Crippen molar-refractivity contribution in [3.8, 4) is 11.5 Å². The first-order valence-corrected chi connectivity index (χ1v) is 10.4. The van der Waals surface area contributed by atoms with Crippen LogP contribution < -0.4 is 9.47 Å². The summed E-state index contributed by atoms with van der Waals surface area (Å²) in [6.07, 6.45) is -3.64. The molecule has 0 saturated carbocycles. The molecule has 3 aliphatic heterocycles. The first kappa shape index (κ1) is 25.3. The fourth-order valence-electron chi connectivity index (χ4n) is 3.63. The Balaban J connectivity index is 1.60. The van der Waals surface area contributed by atoms with Crippen molar-refractivity contribution in [2.45, 2.75) is 32.4 Å². The van der Waals surface area contributed by atoms with Crippen LogP contribution >= 0.6 is 0 Å². The fourth-order valence-corrected chi connectivity index (χ4v) is 3.63. The first-order valence-electron chi connectivity index (χ1n) is 10.4. The van der Waals surface area contributed by atoms with E-state index in [9.17, 15) is 30.7 Å². The van der Waals surface area contributed by atoms with Crippen LogP contribution in [0, 0.1) is 28.7 Å². The van der Waals surface area contributed by atoms with Gasteiger partial charge in [0.15, 0.2) is 17.4 Å². The number of hydrogen-bond donors (Lipinski definition) is 0. The van der Waals surface area contributed by atoms with E-state index in [-0.39, 0.29) is 37.5 Å². The molecule has 0 aromatic heterocycles. The average Bonchev–Trinajstić information content (AvgIpc) is 2.78. The number of halogens is 7. The molecular weight excluding hydrogens is 489 g/mol. The average molecular weight is 508 g/mol. The van der Waals surface area contributed by atoms with Crippen LogP contribution in [0.2, 0.25) is 0 Å². The van der Waals surface area contributed by atoms with Gasteiger partial charge in [0, 0.05) is 23.1 Å². The summed E-state index contributed by atoms with van der Waals surface area (Å²) in [4.78, 5) is 0. The van der Waals surface area contributed by atoms with Crippen molar-refractivity contribution >= 4 is 0 Å². The van der Waals surface area contributed by atoms with Crippen molar-refractivity contribution in [2.24, 2.45) is 5.41 Å². The number of benzene rings is 2. The fraction of sp³-hybridized carbons (Fsp3) is 0.391. The van der Waals surface area contributed by atoms with Gasteiger partial charge >= 0.3 is 12.1 Å². The Morgan fingerprint density at radius 1 is 0.943 bits per heavy atom. The monoisotopic (exact) mass is 508 g/mol. The Morgan fingerprint density at radius 3 is 1.91 bits per heavy atom. The summed E-state index contributed by atoms with van der Waals surface area (Å²) in [5.74, 6) is -11.6. The van der Waals surface area contributed by atoms with E-state index < -0.39 is 63.7 Å². The topological polar surface area (TPSA) is 46.2 Å². The molecule has 0 unspecified atom stereocenters. The first-order chi connectivity index (χ1) is 16.4. The van der Waals surface area contributed by atoms with Crippen LogP contribution in [0.4, 0.5) is 30.7 Å². The second kappa shape index (κ2) is 8.99. The van der Waals surface area contributed by atoms with Crippen LogP contribution in [0.5, 0.6) is 11.5 Å². The van der Waals surface area contributed by atoms with Crippen molar-refractivity contribution in [3.05, 3.63) is 70.8 Å². The van der Waals surface area contributed by atoms with Gasteiger partial charge in [-0.2, -0.15) is 8.78 Å². The molecule has 0 aliphatic carbocycles. The van der Waals surface area contributed by atoms with Crippen LogP contribution in [-0.4, -0.2) is 19.8 Å². The molecule has 0 spiro atoms. The molecule has 3 aliphatic rings. The minimum atomic E-state index is -4.69. The van der Waals surface area contributed by atoms with Gasteiger partial charge in [-0.15, -0.1) is 0 Å². The van der Waals surface area contributed by atoms with Crippen molar-refractivity contribution in [1.82, 2.24) is 0 Å². The quantitative estimate of drug-likeness (QED) is 0.331. The van der Waals surface area contributed by atoms with E-state index in [1.807, 2.05) is 6.92 Å². The molecule has 0 N–H and O–H groups in total. The summed E-state index contributed by atoms with van der Waals surface area (Å²) in [6, 6.07) is 1.67. The molecule has 3 fully saturated rings. The van der Waals surface area contributed by atoms with Gasteiger partial charge in [0.1, 0.15) is 35.0 Å². The summed E-state index contributed by atoms with van der Waals surface area (Å²) >= 11 is 0. The van der Waals surface area contributed by atoms with Crippen LogP contribution in [0.25, 0.3) is 0 Å². The van der Waals surface area contributed by atoms with Crippen LogP contribution in [0.3, 0.4) is 0 Å². The standard InChI is InChI=1S/C23H19F7O5/c1-3-21-9-32-23(33-10-21,34-11-21)13-4-15(25)19(16(26)5-13)22(29,30)35-14-6-17(27)20(18(28)7-14)31-8-12(2)24/h4-8H,3,9-11H2,1-2H3/b12-8-. The van der Waals surface area contributed by atoms with Gasteiger partial charge in [-0.3, -0.25) is 0 Å². The maximum Gasteiger partial charge on any atom is 0.432 e. The minimum absolute atomic E-state index is 0.172. The van der Waals surface area contributed by atoms with Crippen molar-refractivity contribution in [1.29, 1.82) is 0 Å². The summed E-state index contributed by atoms with van der Waals surface area (Å²) in [6.45, 7) is 3.35. The van der Waals surface area contributed by atoms with Crippen LogP contribution in [0.1, 0.15) is 31.4 Å². The van der Waals surface area contributed by atoms with Gasteiger partial charge in [-0.25, -0.2) is 22.0 Å². The molecule has 2 aromatic rings. The number of hydrogen-bond acceptors (Lipinski definition) is 5. The summed E-state index contributed by atoms with van der Waals surface area (Å²) in [5, 5.41) is 0. The van der Waals surface area contributed by atoms with Gasteiger partial charge in [-0.05, 0) is 25.5 Å². The molecule has 12 heteroatoms. The lowest BCUT2D eigenvalue weighted by molar-refractivity contribution is -0.480. The zero-order valence-corrected chi connectivity index (χ0v) is 18.4. The van der Waals surface area contributed by atoms with E-state index in [1.165, 1.54) is 0 Å². The summed E-state index contributed by atoms with van der Waals surface area (Å²) < 4.78 is 125. The molecule has 5 rings (SSSR count). The molecule has 5 nitrogen and oxygen atoms in total. The Morgan fingerprint density at radius 2 is 1.46 bits per heavy atom. The molecule has 35 heavy (non-hydrogen) atoms. The number of rotatable bonds is 7. The van der Waals surface area contributed by atoms with Crippen molar-refractivity contribution in [3.63, 3.8) is 0 Å². The Bertz CT molecular complexity index is 1090. The lowest BCUT2D eigenvalue weighted by atomic mass is 9.85. The second-order valence-electron chi connectivity index (χ2n) is 8.25. The van der Waals surface area contributed by atoms with Gasteiger partial charge < -0.3 is 23.7 Å². The summed E-state index contributed by atoms with van der Waals surface area (Å²) in [7, 11) is 0. The van der Waals surface area contributed by atoms with Gasteiger partial charge in [-0.1, -0.05) is 6.92 Å². The van der Waals surface area contributed by atoms with Crippen LogP contribution in [0.15, 0.2) is 36.4 Å². The third-order valence-electron chi connectivity index (χ3n) is 5.70. The lowest BCUT2D eigenvalue weighted by Gasteiger charge is -2.51. The number of ether oxygens (including phenoxy) is 5. The number of alkyl halides is 2. The predicted octanol–water partition coefficient (Wildman–Crippen LogP) is 6.16. The molecule has 190 valence electrons. The molecule has 0 radical (unpaired) electrons. The molecule has 3 heterocycles. The van der Waals surface area contributed by atoms with E-state index in [2.05, 4.69) is 9.47 Å². The molecule has 0 amide bonds. The molecule has 2 aromatic carbocycles. The molecule has 3 saturated heterocycles. The zero-order valence-electron chi connectivity index (χ0n) is 18.4. The maximum atomic E-state index is 14.7. The molecule has 2 bridgehead atoms. The Kier molecular flexibility index (Phi) is 6.49.